The fourth-order valence-corrected chi connectivity index (χ4v) is 1.04. The van der Waals surface area contributed by atoms with Gasteiger partial charge in [-0.05, 0) is 18.9 Å². The van der Waals surface area contributed by atoms with Crippen molar-refractivity contribution >= 4 is 5.97 Å². The molecule has 1 heterocycles. The second-order valence-corrected chi connectivity index (χ2v) is 2.54. The van der Waals surface area contributed by atoms with Crippen molar-refractivity contribution in [1.29, 1.82) is 0 Å². The highest BCUT2D eigenvalue weighted by atomic mass is 16.4. The zero-order valence-corrected chi connectivity index (χ0v) is 6.75. The highest BCUT2D eigenvalue weighted by molar-refractivity contribution is 5.86. The van der Waals surface area contributed by atoms with Crippen LogP contribution in [0.15, 0.2) is 16.7 Å². The molecule has 0 unspecified atom stereocenters. The maximum Gasteiger partial charge on any atom is 0.372 e. The molecule has 0 aromatic carbocycles. The lowest BCUT2D eigenvalue weighted by molar-refractivity contribution is 0.0660. The van der Waals surface area contributed by atoms with Crippen LogP contribution in [0.4, 0.5) is 0 Å². The molecule has 0 bridgehead atoms. The summed E-state index contributed by atoms with van der Waals surface area (Å²) in [5.74, 6) is -0.942. The minimum atomic E-state index is -1.00. The van der Waals surface area contributed by atoms with Crippen molar-refractivity contribution in [2.75, 3.05) is 0 Å². The van der Waals surface area contributed by atoms with Crippen molar-refractivity contribution in [3.8, 4) is 0 Å². The van der Waals surface area contributed by atoms with Crippen LogP contribution in [0.2, 0.25) is 0 Å². The van der Waals surface area contributed by atoms with Crippen molar-refractivity contribution in [1.82, 2.24) is 0 Å². The number of carboxylic acids is 1. The van der Waals surface area contributed by atoms with Gasteiger partial charge in [0.2, 0.25) is 5.76 Å². The number of hydrogen-bond acceptors (Lipinski definition) is 2. The van der Waals surface area contributed by atoms with Gasteiger partial charge in [-0.3, -0.25) is 0 Å². The van der Waals surface area contributed by atoms with Gasteiger partial charge in [0.15, 0.2) is 0 Å². The number of aromatic carboxylic acids is 1. The maximum absolute atomic E-state index is 10.5. The van der Waals surface area contributed by atoms with Crippen LogP contribution in [0, 0.1) is 6.92 Å². The van der Waals surface area contributed by atoms with Crippen molar-refractivity contribution in [2.45, 2.75) is 19.3 Å². The summed E-state index contributed by atoms with van der Waals surface area (Å²) in [5.41, 5.74) is 0.756. The smallest absolute Gasteiger partial charge is 0.372 e. The van der Waals surface area contributed by atoms with E-state index in [1.54, 1.807) is 6.07 Å². The molecule has 1 aromatic rings. The summed E-state index contributed by atoms with van der Waals surface area (Å²) >= 11 is 0. The fraction of sp³-hybridized carbons (Fsp3) is 0.333. The molecule has 65 valence electrons. The summed E-state index contributed by atoms with van der Waals surface area (Å²) < 4.78 is 4.80. The second kappa shape index (κ2) is 3.95. The molecule has 0 saturated heterocycles. The molecule has 0 fully saturated rings. The van der Waals surface area contributed by atoms with Gasteiger partial charge < -0.3 is 9.52 Å². The van der Waals surface area contributed by atoms with Gasteiger partial charge in [-0.25, -0.2) is 4.79 Å². The Morgan fingerprint density at radius 2 is 2.42 bits per heavy atom. The average molecular weight is 167 g/mol. The van der Waals surface area contributed by atoms with Gasteiger partial charge in [0.05, 0.1) is 6.26 Å². The Kier molecular flexibility index (Phi) is 2.91. The molecule has 3 nitrogen and oxygen atoms in total. The Morgan fingerprint density at radius 1 is 1.67 bits per heavy atom. The molecule has 0 amide bonds. The summed E-state index contributed by atoms with van der Waals surface area (Å²) in [6, 6.07) is 1.69. The van der Waals surface area contributed by atoms with Crippen LogP contribution in [-0.2, 0) is 6.42 Å². The molecule has 1 rings (SSSR count). The van der Waals surface area contributed by atoms with E-state index in [2.05, 4.69) is 6.92 Å². The average Bonchev–Trinajstić information content (AvgIpc) is 2.48. The standard InChI is InChI=1S/C9H11O3/c1-2-3-4-7-5-6-12-8(7)9(10)11/h5-6H,1-4H2,(H,10,11). The van der Waals surface area contributed by atoms with Gasteiger partial charge in [0.1, 0.15) is 0 Å². The molecular formula is C9H11O3. The highest BCUT2D eigenvalue weighted by Gasteiger charge is 2.12. The summed E-state index contributed by atoms with van der Waals surface area (Å²) in [6.07, 6.45) is 3.83. The Balaban J connectivity index is 2.70. The molecule has 0 aliphatic heterocycles. The number of hydrogen-bond donors (Lipinski definition) is 1. The van der Waals surface area contributed by atoms with E-state index in [4.69, 9.17) is 9.52 Å². The topological polar surface area (TPSA) is 50.4 Å². The molecule has 1 aromatic heterocycles. The summed E-state index contributed by atoms with van der Waals surface area (Å²) in [7, 11) is 0. The lowest BCUT2D eigenvalue weighted by Crippen LogP contribution is -1.98. The van der Waals surface area contributed by atoms with E-state index < -0.39 is 5.97 Å². The van der Waals surface area contributed by atoms with Crippen molar-refractivity contribution in [3.05, 3.63) is 30.6 Å². The zero-order valence-electron chi connectivity index (χ0n) is 6.75. The Bertz CT molecular complexity index is 262. The quantitative estimate of drug-likeness (QED) is 0.747. The van der Waals surface area contributed by atoms with Gasteiger partial charge in [0, 0.05) is 5.56 Å². The van der Waals surface area contributed by atoms with Crippen LogP contribution in [0.5, 0.6) is 0 Å². The summed E-state index contributed by atoms with van der Waals surface area (Å²) in [6.45, 7) is 3.68. The molecule has 1 radical (unpaired) electrons. The summed E-state index contributed by atoms with van der Waals surface area (Å²) in [4.78, 5) is 10.5. The molecule has 0 saturated carbocycles. The second-order valence-electron chi connectivity index (χ2n) is 2.54. The Labute approximate surface area is 71.0 Å². The fourth-order valence-electron chi connectivity index (χ4n) is 1.04. The number of aryl methyl sites for hydroxylation is 1. The van der Waals surface area contributed by atoms with E-state index in [9.17, 15) is 4.79 Å². The third-order valence-electron chi connectivity index (χ3n) is 1.64. The molecule has 0 aliphatic carbocycles. The van der Waals surface area contributed by atoms with Crippen LogP contribution >= 0.6 is 0 Å². The molecule has 12 heavy (non-hydrogen) atoms. The number of carboxylic acid groups (broad SMARTS) is 1. The number of carbonyl (C=O) groups is 1. The van der Waals surface area contributed by atoms with E-state index in [1.807, 2.05) is 0 Å². The van der Waals surface area contributed by atoms with E-state index in [0.29, 0.717) is 0 Å². The van der Waals surface area contributed by atoms with E-state index in [0.717, 1.165) is 24.8 Å². The summed E-state index contributed by atoms with van der Waals surface area (Å²) in [5, 5.41) is 8.64. The first-order valence-corrected chi connectivity index (χ1v) is 3.84. The van der Waals surface area contributed by atoms with Crippen LogP contribution < -0.4 is 0 Å². The number of rotatable bonds is 4. The van der Waals surface area contributed by atoms with E-state index in [-0.39, 0.29) is 5.76 Å². The minimum absolute atomic E-state index is 0.0588. The predicted octanol–water partition coefficient (Wildman–Crippen LogP) is 2.13. The molecule has 0 atom stereocenters. The Morgan fingerprint density at radius 3 is 3.00 bits per heavy atom. The predicted molar refractivity (Wildman–Crippen MR) is 44.0 cm³/mol. The van der Waals surface area contributed by atoms with Gasteiger partial charge in [-0.1, -0.05) is 13.3 Å². The van der Waals surface area contributed by atoms with Crippen LogP contribution in [0.25, 0.3) is 0 Å². The monoisotopic (exact) mass is 167 g/mol. The molecule has 1 N–H and O–H groups in total. The SMILES string of the molecule is [CH2]CCCc1ccoc1C(=O)O. The zero-order chi connectivity index (χ0) is 8.97. The van der Waals surface area contributed by atoms with Gasteiger partial charge >= 0.3 is 5.97 Å². The van der Waals surface area contributed by atoms with Gasteiger partial charge in [-0.2, -0.15) is 0 Å². The molecular weight excluding hydrogens is 156 g/mol. The lowest BCUT2D eigenvalue weighted by Gasteiger charge is -1.95. The van der Waals surface area contributed by atoms with Gasteiger partial charge in [0.25, 0.3) is 0 Å². The molecule has 3 heteroatoms. The van der Waals surface area contributed by atoms with E-state index in [1.165, 1.54) is 6.26 Å². The Hall–Kier alpha value is -1.25. The third kappa shape index (κ3) is 1.87. The van der Waals surface area contributed by atoms with Crippen molar-refractivity contribution in [3.63, 3.8) is 0 Å². The van der Waals surface area contributed by atoms with Gasteiger partial charge in [-0.15, -0.1) is 0 Å². The minimum Gasteiger partial charge on any atom is -0.475 e. The van der Waals surface area contributed by atoms with Crippen LogP contribution in [0.1, 0.15) is 29.0 Å². The van der Waals surface area contributed by atoms with Crippen molar-refractivity contribution < 1.29 is 14.3 Å². The number of furan rings is 1. The first-order valence-electron chi connectivity index (χ1n) is 3.84. The van der Waals surface area contributed by atoms with E-state index >= 15 is 0 Å². The maximum atomic E-state index is 10.5. The first kappa shape index (κ1) is 8.84. The first-order chi connectivity index (χ1) is 5.75. The van der Waals surface area contributed by atoms with Crippen molar-refractivity contribution in [2.24, 2.45) is 0 Å². The third-order valence-corrected chi connectivity index (χ3v) is 1.64. The highest BCUT2D eigenvalue weighted by Crippen LogP contribution is 2.13. The molecule has 0 aliphatic rings. The normalized spacial score (nSPS) is 10.1. The van der Waals surface area contributed by atoms with Crippen LogP contribution in [-0.4, -0.2) is 11.1 Å². The largest absolute Gasteiger partial charge is 0.475 e. The lowest BCUT2D eigenvalue weighted by atomic mass is 10.1. The molecule has 0 spiro atoms. The number of unbranched alkanes of at least 4 members (excludes halogenated alkanes) is 1. The van der Waals surface area contributed by atoms with Crippen LogP contribution in [0.3, 0.4) is 0 Å².